The Morgan fingerprint density at radius 3 is 2.90 bits per heavy atom. The summed E-state index contributed by atoms with van der Waals surface area (Å²) in [6.45, 7) is 0.965. The molecule has 0 saturated heterocycles. The monoisotopic (exact) mass is 269 g/mol. The second-order valence-electron chi connectivity index (χ2n) is 4.71. The van der Waals surface area contributed by atoms with E-state index in [9.17, 15) is 4.79 Å². The largest absolute Gasteiger partial charge is 0.326 e. The third kappa shape index (κ3) is 2.10. The van der Waals surface area contributed by atoms with E-state index in [1.807, 2.05) is 24.3 Å². The molecule has 0 bridgehead atoms. The molecule has 20 heavy (non-hydrogen) atoms. The predicted molar refractivity (Wildman–Crippen MR) is 76.2 cm³/mol. The number of aryl methyl sites for hydroxylation is 1. The minimum Gasteiger partial charge on any atom is -0.326 e. The topological polar surface area (TPSA) is 78.7 Å². The molecule has 3 aromatic rings. The molecule has 0 aliphatic rings. The molecular formula is C14H15N5O. The Balaban J connectivity index is 2.02. The Bertz CT molecular complexity index is 818. The summed E-state index contributed by atoms with van der Waals surface area (Å²) in [6.07, 6.45) is 3.11. The Kier molecular flexibility index (Phi) is 3.08. The third-order valence-electron chi connectivity index (χ3n) is 3.30. The first-order valence-corrected chi connectivity index (χ1v) is 6.34. The van der Waals surface area contributed by atoms with Gasteiger partial charge in [0.15, 0.2) is 5.65 Å². The van der Waals surface area contributed by atoms with Gasteiger partial charge in [-0.25, -0.2) is 4.98 Å². The Morgan fingerprint density at radius 1 is 1.30 bits per heavy atom. The van der Waals surface area contributed by atoms with Crippen LogP contribution in [0.1, 0.15) is 11.1 Å². The summed E-state index contributed by atoms with van der Waals surface area (Å²) in [5, 5.41) is 4.59. The lowest BCUT2D eigenvalue weighted by Gasteiger charge is -2.07. The first kappa shape index (κ1) is 12.6. The fraction of sp³-hybridized carbons (Fsp3) is 0.214. The summed E-state index contributed by atoms with van der Waals surface area (Å²) in [7, 11) is 1.77. The summed E-state index contributed by atoms with van der Waals surface area (Å²) < 4.78 is 3.18. The van der Waals surface area contributed by atoms with Crippen LogP contribution in [0.2, 0.25) is 0 Å². The van der Waals surface area contributed by atoms with Gasteiger partial charge in [-0.05, 0) is 11.1 Å². The van der Waals surface area contributed by atoms with Crippen LogP contribution in [0.4, 0.5) is 0 Å². The van der Waals surface area contributed by atoms with Gasteiger partial charge >= 0.3 is 0 Å². The molecule has 0 saturated carbocycles. The lowest BCUT2D eigenvalue weighted by molar-refractivity contribution is 0.736. The normalized spacial score (nSPS) is 11.1. The second kappa shape index (κ2) is 4.90. The van der Waals surface area contributed by atoms with Crippen molar-refractivity contribution in [2.45, 2.75) is 13.1 Å². The highest BCUT2D eigenvalue weighted by atomic mass is 16.1. The number of aromatic nitrogens is 4. The zero-order valence-corrected chi connectivity index (χ0v) is 11.2. The number of hydrogen-bond donors (Lipinski definition) is 1. The zero-order valence-electron chi connectivity index (χ0n) is 11.2. The molecule has 102 valence electrons. The minimum atomic E-state index is -0.0822. The fourth-order valence-corrected chi connectivity index (χ4v) is 2.23. The van der Waals surface area contributed by atoms with Crippen LogP contribution < -0.4 is 11.3 Å². The molecule has 6 heteroatoms. The van der Waals surface area contributed by atoms with Crippen molar-refractivity contribution in [1.29, 1.82) is 0 Å². The van der Waals surface area contributed by atoms with Crippen molar-refractivity contribution >= 4 is 11.0 Å². The van der Waals surface area contributed by atoms with Crippen molar-refractivity contribution in [3.05, 3.63) is 58.3 Å². The van der Waals surface area contributed by atoms with Gasteiger partial charge in [0, 0.05) is 13.6 Å². The van der Waals surface area contributed by atoms with Gasteiger partial charge < -0.3 is 5.73 Å². The molecule has 1 aromatic carbocycles. The number of rotatable bonds is 3. The first-order chi connectivity index (χ1) is 9.69. The van der Waals surface area contributed by atoms with E-state index in [0.717, 1.165) is 11.1 Å². The number of nitrogens with two attached hydrogens (primary N) is 1. The number of benzene rings is 1. The number of fused-ring (bicyclic) bond motifs is 1. The molecule has 2 N–H and O–H groups in total. The molecule has 0 radical (unpaired) electrons. The van der Waals surface area contributed by atoms with Gasteiger partial charge in [-0.15, -0.1) is 0 Å². The lowest BCUT2D eigenvalue weighted by atomic mass is 10.1. The Morgan fingerprint density at radius 2 is 2.10 bits per heavy atom. The van der Waals surface area contributed by atoms with E-state index in [4.69, 9.17) is 5.73 Å². The molecule has 2 heterocycles. The molecule has 6 nitrogen and oxygen atoms in total. The average molecular weight is 269 g/mol. The number of hydrogen-bond acceptors (Lipinski definition) is 4. The third-order valence-corrected chi connectivity index (χ3v) is 3.30. The fourth-order valence-electron chi connectivity index (χ4n) is 2.23. The van der Waals surface area contributed by atoms with Crippen molar-refractivity contribution in [2.24, 2.45) is 12.8 Å². The van der Waals surface area contributed by atoms with Gasteiger partial charge in [0.2, 0.25) is 0 Å². The quantitative estimate of drug-likeness (QED) is 0.756. The van der Waals surface area contributed by atoms with Crippen molar-refractivity contribution in [2.75, 3.05) is 0 Å². The van der Waals surface area contributed by atoms with E-state index < -0.39 is 0 Å². The zero-order chi connectivity index (χ0) is 14.1. The van der Waals surface area contributed by atoms with Crippen molar-refractivity contribution in [1.82, 2.24) is 19.3 Å². The lowest BCUT2D eigenvalue weighted by Crippen LogP contribution is -2.21. The maximum absolute atomic E-state index is 12.3. The molecule has 0 atom stereocenters. The summed E-state index contributed by atoms with van der Waals surface area (Å²) in [4.78, 5) is 16.6. The van der Waals surface area contributed by atoms with E-state index in [-0.39, 0.29) is 5.56 Å². The van der Waals surface area contributed by atoms with Gasteiger partial charge in [-0.1, -0.05) is 24.3 Å². The smallest absolute Gasteiger partial charge is 0.264 e. The van der Waals surface area contributed by atoms with E-state index in [0.29, 0.717) is 24.1 Å². The van der Waals surface area contributed by atoms with Crippen LogP contribution in [0.3, 0.4) is 0 Å². The maximum Gasteiger partial charge on any atom is 0.264 e. The van der Waals surface area contributed by atoms with Crippen LogP contribution in [0.15, 0.2) is 41.6 Å². The molecule has 0 aliphatic carbocycles. The molecule has 0 unspecified atom stereocenters. The van der Waals surface area contributed by atoms with Crippen LogP contribution in [0.5, 0.6) is 0 Å². The van der Waals surface area contributed by atoms with Crippen LogP contribution in [-0.2, 0) is 20.1 Å². The van der Waals surface area contributed by atoms with Crippen LogP contribution in [0.25, 0.3) is 11.0 Å². The number of nitrogens with zero attached hydrogens (tertiary/aromatic N) is 4. The van der Waals surface area contributed by atoms with Gasteiger partial charge in [0.25, 0.3) is 5.56 Å². The van der Waals surface area contributed by atoms with Crippen molar-refractivity contribution < 1.29 is 0 Å². The Hall–Kier alpha value is -2.47. The summed E-state index contributed by atoms with van der Waals surface area (Å²) in [5.41, 5.74) is 8.22. The van der Waals surface area contributed by atoms with Gasteiger partial charge in [0.1, 0.15) is 11.7 Å². The van der Waals surface area contributed by atoms with Crippen LogP contribution >= 0.6 is 0 Å². The van der Waals surface area contributed by atoms with Crippen molar-refractivity contribution in [3.63, 3.8) is 0 Å². The summed E-state index contributed by atoms with van der Waals surface area (Å²) in [6, 6.07) is 7.88. The second-order valence-corrected chi connectivity index (χ2v) is 4.71. The molecule has 3 rings (SSSR count). The van der Waals surface area contributed by atoms with Crippen LogP contribution in [-0.4, -0.2) is 19.3 Å². The standard InChI is InChI=1S/C14H15N5O/c1-18-13-12(7-17-18)14(20)19(9-16-13)8-11-4-2-3-10(5-11)6-15/h2-5,7,9H,6,8,15H2,1H3. The van der Waals surface area contributed by atoms with E-state index in [1.54, 1.807) is 28.8 Å². The summed E-state index contributed by atoms with van der Waals surface area (Å²) in [5.74, 6) is 0. The summed E-state index contributed by atoms with van der Waals surface area (Å²) >= 11 is 0. The van der Waals surface area contributed by atoms with Gasteiger partial charge in [-0.3, -0.25) is 14.0 Å². The minimum absolute atomic E-state index is 0.0822. The predicted octanol–water partition coefficient (Wildman–Crippen LogP) is 0.637. The Labute approximate surface area is 115 Å². The highest BCUT2D eigenvalue weighted by Crippen LogP contribution is 2.08. The first-order valence-electron chi connectivity index (χ1n) is 6.34. The van der Waals surface area contributed by atoms with Gasteiger partial charge in [0.05, 0.1) is 12.7 Å². The highest BCUT2D eigenvalue weighted by molar-refractivity contribution is 5.72. The van der Waals surface area contributed by atoms with E-state index in [1.165, 1.54) is 0 Å². The van der Waals surface area contributed by atoms with Crippen LogP contribution in [0, 0.1) is 0 Å². The molecule has 2 aromatic heterocycles. The average Bonchev–Trinajstić information content (AvgIpc) is 2.84. The molecule has 0 spiro atoms. The van der Waals surface area contributed by atoms with Crippen molar-refractivity contribution in [3.8, 4) is 0 Å². The maximum atomic E-state index is 12.3. The molecule has 0 aliphatic heterocycles. The highest BCUT2D eigenvalue weighted by Gasteiger charge is 2.08. The van der Waals surface area contributed by atoms with Gasteiger partial charge in [-0.2, -0.15) is 5.10 Å². The van der Waals surface area contributed by atoms with E-state index in [2.05, 4.69) is 10.1 Å². The SMILES string of the molecule is Cn1ncc2c(=O)n(Cc3cccc(CN)c3)cnc21. The molecular weight excluding hydrogens is 254 g/mol. The molecule has 0 amide bonds. The van der Waals surface area contributed by atoms with E-state index >= 15 is 0 Å². The molecule has 0 fully saturated rings.